The van der Waals surface area contributed by atoms with Crippen molar-refractivity contribution < 1.29 is 8.78 Å². The van der Waals surface area contributed by atoms with Gasteiger partial charge in [-0.15, -0.1) is 0 Å². The summed E-state index contributed by atoms with van der Waals surface area (Å²) in [6.07, 6.45) is 4.53. The van der Waals surface area contributed by atoms with Crippen LogP contribution in [-0.4, -0.2) is 62.7 Å². The molecule has 29 heavy (non-hydrogen) atoms. The van der Waals surface area contributed by atoms with Gasteiger partial charge in [-0.3, -0.25) is 4.99 Å². The Morgan fingerprint density at radius 3 is 2.59 bits per heavy atom. The van der Waals surface area contributed by atoms with Crippen molar-refractivity contribution in [1.82, 2.24) is 15.5 Å². The Labute approximate surface area is 173 Å². The third kappa shape index (κ3) is 6.29. The van der Waals surface area contributed by atoms with Crippen LogP contribution in [0.1, 0.15) is 39.5 Å². The van der Waals surface area contributed by atoms with Gasteiger partial charge in [0.1, 0.15) is 0 Å². The Bertz CT molecular complexity index is 673. The molecule has 5 nitrogen and oxygen atoms in total. The molecular formula is C22H35F2N5. The highest BCUT2D eigenvalue weighted by atomic mass is 19.2. The fourth-order valence-electron chi connectivity index (χ4n) is 4.25. The van der Waals surface area contributed by atoms with E-state index >= 15 is 0 Å². The molecule has 1 unspecified atom stereocenters. The highest BCUT2D eigenvalue weighted by Gasteiger charge is 2.24. The van der Waals surface area contributed by atoms with E-state index in [4.69, 9.17) is 4.99 Å². The van der Waals surface area contributed by atoms with E-state index in [1.54, 1.807) is 6.07 Å². The Morgan fingerprint density at radius 1 is 1.10 bits per heavy atom. The van der Waals surface area contributed by atoms with Crippen LogP contribution in [0, 0.1) is 17.6 Å². The number of anilines is 1. The maximum Gasteiger partial charge on any atom is 0.191 e. The van der Waals surface area contributed by atoms with Crippen molar-refractivity contribution in [2.45, 2.75) is 45.6 Å². The van der Waals surface area contributed by atoms with Gasteiger partial charge in [0, 0.05) is 57.1 Å². The molecule has 1 aromatic carbocycles. The monoisotopic (exact) mass is 407 g/mol. The maximum absolute atomic E-state index is 13.5. The summed E-state index contributed by atoms with van der Waals surface area (Å²) in [4.78, 5) is 9.48. The van der Waals surface area contributed by atoms with E-state index in [-0.39, 0.29) is 0 Å². The van der Waals surface area contributed by atoms with Crippen LogP contribution in [0.3, 0.4) is 0 Å². The van der Waals surface area contributed by atoms with Gasteiger partial charge < -0.3 is 20.4 Å². The Morgan fingerprint density at radius 2 is 1.90 bits per heavy atom. The van der Waals surface area contributed by atoms with E-state index in [1.807, 2.05) is 0 Å². The first-order chi connectivity index (χ1) is 14.1. The van der Waals surface area contributed by atoms with E-state index < -0.39 is 11.6 Å². The lowest BCUT2D eigenvalue weighted by atomic mass is 10.1. The van der Waals surface area contributed by atoms with E-state index in [1.165, 1.54) is 25.1 Å². The normalized spacial score (nSPS) is 21.6. The molecular weight excluding hydrogens is 372 g/mol. The highest BCUT2D eigenvalue weighted by molar-refractivity contribution is 5.80. The molecule has 2 heterocycles. The van der Waals surface area contributed by atoms with Gasteiger partial charge in [-0.25, -0.2) is 8.78 Å². The third-order valence-electron chi connectivity index (χ3n) is 5.87. The number of halogens is 2. The summed E-state index contributed by atoms with van der Waals surface area (Å²) < 4.78 is 26.7. The predicted molar refractivity (Wildman–Crippen MR) is 116 cm³/mol. The predicted octanol–water partition coefficient (Wildman–Crippen LogP) is 3.22. The molecule has 0 amide bonds. The van der Waals surface area contributed by atoms with Gasteiger partial charge in [0.15, 0.2) is 17.6 Å². The summed E-state index contributed by atoms with van der Waals surface area (Å²) in [5, 5.41) is 6.97. The minimum Gasteiger partial charge on any atom is -0.371 e. The number of nitrogens with one attached hydrogen (secondary N) is 2. The molecule has 0 saturated carbocycles. The number of rotatable bonds is 7. The molecule has 3 rings (SSSR count). The van der Waals surface area contributed by atoms with Crippen molar-refractivity contribution >= 4 is 11.6 Å². The van der Waals surface area contributed by atoms with Crippen LogP contribution in [0.2, 0.25) is 0 Å². The van der Waals surface area contributed by atoms with Crippen molar-refractivity contribution in [3.05, 3.63) is 29.8 Å². The van der Waals surface area contributed by atoms with E-state index in [0.29, 0.717) is 12.0 Å². The second kappa shape index (κ2) is 10.8. The Balaban J connectivity index is 1.49. The largest absolute Gasteiger partial charge is 0.371 e. The minimum absolute atomic E-state index is 0.421. The second-order valence-electron chi connectivity index (χ2n) is 8.18. The fourth-order valence-corrected chi connectivity index (χ4v) is 4.25. The molecule has 2 aliphatic heterocycles. The van der Waals surface area contributed by atoms with E-state index in [2.05, 4.69) is 34.3 Å². The van der Waals surface area contributed by atoms with Crippen molar-refractivity contribution in [2.75, 3.05) is 50.7 Å². The molecule has 2 saturated heterocycles. The lowest BCUT2D eigenvalue weighted by molar-refractivity contribution is 0.206. The third-order valence-corrected chi connectivity index (χ3v) is 5.87. The van der Waals surface area contributed by atoms with Gasteiger partial charge in [-0.1, -0.05) is 6.92 Å². The molecule has 2 N–H and O–H groups in total. The van der Waals surface area contributed by atoms with E-state index in [0.717, 1.165) is 70.2 Å². The van der Waals surface area contributed by atoms with Gasteiger partial charge in [-0.2, -0.15) is 0 Å². The average molecular weight is 408 g/mol. The van der Waals surface area contributed by atoms with Crippen molar-refractivity contribution in [1.29, 1.82) is 0 Å². The SMILES string of the molecule is CCCN1CCC(NC(=NCC2CCN(c3ccc(F)c(F)c3)C2)NCC)CC1. The highest BCUT2D eigenvalue weighted by Crippen LogP contribution is 2.25. The number of aliphatic imine (C=N–C) groups is 1. The summed E-state index contributed by atoms with van der Waals surface area (Å²) in [5.74, 6) is -0.263. The maximum atomic E-state index is 13.5. The molecule has 1 atom stereocenters. The molecule has 0 bridgehead atoms. The molecule has 162 valence electrons. The standard InChI is InChI=1S/C22H35F2N5/c1-3-10-28-11-8-18(9-12-28)27-22(25-4-2)26-15-17-7-13-29(16-17)19-5-6-20(23)21(24)14-19/h5-6,14,17-18H,3-4,7-13,15-16H2,1-2H3,(H2,25,26,27). The molecule has 0 aromatic heterocycles. The number of benzene rings is 1. The first-order valence-corrected chi connectivity index (χ1v) is 11.1. The van der Waals surface area contributed by atoms with Gasteiger partial charge in [0.2, 0.25) is 0 Å². The summed E-state index contributed by atoms with van der Waals surface area (Å²) in [5.41, 5.74) is 0.749. The minimum atomic E-state index is -0.795. The Kier molecular flexibility index (Phi) is 8.09. The van der Waals surface area contributed by atoms with Gasteiger partial charge in [0.25, 0.3) is 0 Å². The molecule has 2 fully saturated rings. The zero-order valence-corrected chi connectivity index (χ0v) is 17.8. The Hall–Kier alpha value is -1.89. The smallest absolute Gasteiger partial charge is 0.191 e. The second-order valence-corrected chi connectivity index (χ2v) is 8.18. The number of guanidine groups is 1. The summed E-state index contributed by atoms with van der Waals surface area (Å²) in [6, 6.07) is 4.62. The molecule has 0 aliphatic carbocycles. The lowest BCUT2D eigenvalue weighted by Crippen LogP contribution is -2.48. The van der Waals surface area contributed by atoms with Crippen LogP contribution in [0.25, 0.3) is 0 Å². The number of likely N-dealkylation sites (tertiary alicyclic amines) is 1. The van der Waals surface area contributed by atoms with Gasteiger partial charge in [-0.05, 0) is 57.2 Å². The molecule has 1 aromatic rings. The van der Waals surface area contributed by atoms with Crippen LogP contribution in [-0.2, 0) is 0 Å². The molecule has 7 heteroatoms. The molecule has 2 aliphatic rings. The first kappa shape index (κ1) is 21.8. The topological polar surface area (TPSA) is 42.9 Å². The van der Waals surface area contributed by atoms with E-state index in [9.17, 15) is 8.78 Å². The van der Waals surface area contributed by atoms with Crippen molar-refractivity contribution in [2.24, 2.45) is 10.9 Å². The molecule has 0 radical (unpaired) electrons. The first-order valence-electron chi connectivity index (χ1n) is 11.1. The lowest BCUT2D eigenvalue weighted by Gasteiger charge is -2.32. The zero-order valence-electron chi connectivity index (χ0n) is 17.8. The quantitative estimate of drug-likeness (QED) is 0.538. The number of hydrogen-bond acceptors (Lipinski definition) is 3. The molecule has 0 spiro atoms. The summed E-state index contributed by atoms with van der Waals surface area (Å²) in [7, 11) is 0. The average Bonchev–Trinajstić information content (AvgIpc) is 3.19. The van der Waals surface area contributed by atoms with Gasteiger partial charge in [0.05, 0.1) is 0 Å². The number of piperidine rings is 1. The van der Waals surface area contributed by atoms with Crippen molar-refractivity contribution in [3.63, 3.8) is 0 Å². The van der Waals surface area contributed by atoms with Gasteiger partial charge >= 0.3 is 0 Å². The summed E-state index contributed by atoms with van der Waals surface area (Å²) in [6.45, 7) is 11.1. The van der Waals surface area contributed by atoms with Crippen LogP contribution in [0.15, 0.2) is 23.2 Å². The summed E-state index contributed by atoms with van der Waals surface area (Å²) >= 11 is 0. The van der Waals surface area contributed by atoms with Crippen LogP contribution in [0.4, 0.5) is 14.5 Å². The van der Waals surface area contributed by atoms with Crippen LogP contribution >= 0.6 is 0 Å². The number of nitrogens with zero attached hydrogens (tertiary/aromatic N) is 3. The van der Waals surface area contributed by atoms with Crippen molar-refractivity contribution in [3.8, 4) is 0 Å². The zero-order chi connectivity index (χ0) is 20.6. The fraction of sp³-hybridized carbons (Fsp3) is 0.682. The van der Waals surface area contributed by atoms with Crippen LogP contribution < -0.4 is 15.5 Å². The van der Waals surface area contributed by atoms with Crippen LogP contribution in [0.5, 0.6) is 0 Å². The number of hydrogen-bond donors (Lipinski definition) is 2.